The highest BCUT2D eigenvalue weighted by Gasteiger charge is 2.27. The summed E-state index contributed by atoms with van der Waals surface area (Å²) in [5.41, 5.74) is 0.0227. The third-order valence-corrected chi connectivity index (χ3v) is 3.66. The minimum atomic E-state index is -2.88. The van der Waals surface area contributed by atoms with Crippen LogP contribution < -0.4 is 19.5 Å². The summed E-state index contributed by atoms with van der Waals surface area (Å²) in [5, 5.41) is 2.12. The molecule has 4 rings (SSSR count). The number of fused-ring (bicyclic) bond motifs is 1. The Balaban J connectivity index is 1.74. The highest BCUT2D eigenvalue weighted by atomic mass is 19.1. The lowest BCUT2D eigenvalue weighted by atomic mass is 9.81. The molecule has 126 valence electrons. The summed E-state index contributed by atoms with van der Waals surface area (Å²) >= 11 is 0. The Morgan fingerprint density at radius 3 is 2.96 bits per heavy atom. The maximum absolute atomic E-state index is 13.5. The molecule has 0 saturated carbocycles. The van der Waals surface area contributed by atoms with E-state index >= 15 is 0 Å². The van der Waals surface area contributed by atoms with Gasteiger partial charge in [-0.05, 0) is 48.6 Å². The summed E-state index contributed by atoms with van der Waals surface area (Å²) in [4.78, 5) is 0. The number of piperidine rings is 1. The van der Waals surface area contributed by atoms with E-state index < -0.39 is 50.3 Å². The zero-order chi connectivity index (χ0) is 24.4. The molecule has 2 aromatic rings. The van der Waals surface area contributed by atoms with Crippen LogP contribution in [0.2, 0.25) is 0 Å². The quantitative estimate of drug-likeness (QED) is 0.928. The van der Waals surface area contributed by atoms with E-state index in [1.165, 1.54) is 30.3 Å². The molecule has 0 aliphatic carbocycles. The van der Waals surface area contributed by atoms with Crippen molar-refractivity contribution < 1.29 is 30.9 Å². The van der Waals surface area contributed by atoms with E-state index in [2.05, 4.69) is 5.32 Å². The molecule has 2 aliphatic rings. The van der Waals surface area contributed by atoms with Gasteiger partial charge in [-0.3, -0.25) is 0 Å². The molecule has 0 amide bonds. The van der Waals surface area contributed by atoms with Crippen molar-refractivity contribution in [3.05, 3.63) is 53.8 Å². The lowest BCUT2D eigenvalue weighted by Crippen LogP contribution is -2.38. The first-order valence-electron chi connectivity index (χ1n) is 11.8. The van der Waals surface area contributed by atoms with Crippen LogP contribution in [0.25, 0.3) is 0 Å². The zero-order valence-corrected chi connectivity index (χ0v) is 12.4. The molecule has 0 spiro atoms. The van der Waals surface area contributed by atoms with Crippen LogP contribution in [-0.2, 0) is 0 Å². The fourth-order valence-electron chi connectivity index (χ4n) is 2.44. The molecule has 5 heteroatoms. The molecule has 2 aliphatic heterocycles. The average Bonchev–Trinajstić information content (AvgIpc) is 2.91. The van der Waals surface area contributed by atoms with Crippen molar-refractivity contribution in [2.75, 3.05) is 26.3 Å². The van der Waals surface area contributed by atoms with Crippen LogP contribution in [0.15, 0.2) is 42.5 Å². The third-order valence-electron chi connectivity index (χ3n) is 3.66. The van der Waals surface area contributed by atoms with Gasteiger partial charge in [-0.2, -0.15) is 0 Å². The number of halogens is 1. The van der Waals surface area contributed by atoms with Crippen LogP contribution in [-0.4, -0.2) is 26.3 Å². The molecular weight excluding hydrogens is 309 g/mol. The Bertz CT molecular complexity index is 1070. The standard InChI is InChI=1S/C19H20FNO3/c20-15-3-1-13(2-4-15)17-7-8-21-10-14(17)11-22-16-5-6-18-19(9-16)24-12-23-18/h1-6,9,14,17,21H,7-8,10-12H2/t14-,17?/m0/s1/i8D2,10D2,11D2,12D2,17D. The fourth-order valence-corrected chi connectivity index (χ4v) is 2.44. The molecule has 1 saturated heterocycles. The van der Waals surface area contributed by atoms with Gasteiger partial charge in [0.15, 0.2) is 11.5 Å². The zero-order valence-electron chi connectivity index (χ0n) is 21.4. The van der Waals surface area contributed by atoms with Gasteiger partial charge in [0.2, 0.25) is 6.75 Å². The van der Waals surface area contributed by atoms with E-state index in [1.54, 1.807) is 0 Å². The molecule has 1 N–H and O–H groups in total. The van der Waals surface area contributed by atoms with E-state index in [-0.39, 0.29) is 22.8 Å². The predicted molar refractivity (Wildman–Crippen MR) is 88.2 cm³/mol. The van der Waals surface area contributed by atoms with Gasteiger partial charge in [0.05, 0.1) is 9.30 Å². The smallest absolute Gasteiger partial charge is 0.231 e. The molecule has 1 unspecified atom stereocenters. The number of ether oxygens (including phenoxy) is 3. The second-order valence-corrected chi connectivity index (χ2v) is 5.20. The average molecular weight is 338 g/mol. The largest absolute Gasteiger partial charge is 0.493 e. The molecule has 0 radical (unpaired) electrons. The Morgan fingerprint density at radius 1 is 1.25 bits per heavy atom. The van der Waals surface area contributed by atoms with Gasteiger partial charge in [0, 0.05) is 25.3 Å². The lowest BCUT2D eigenvalue weighted by molar-refractivity contribution is 0.173. The third kappa shape index (κ3) is 3.17. The molecule has 2 aromatic carbocycles. The molecule has 0 bridgehead atoms. The molecule has 1 fully saturated rings. The number of nitrogens with one attached hydrogen (secondary N) is 1. The SMILES string of the molecule is [2H]C1([2H])CC([2H])(c2ccc(F)cc2)[C@H](C([2H])([2H])Oc2ccc3c(c2)OC([2H])([2H])O3)C([2H])([2H])N1. The van der Waals surface area contributed by atoms with Crippen LogP contribution in [0.3, 0.4) is 0 Å². The highest BCUT2D eigenvalue weighted by Crippen LogP contribution is 2.36. The van der Waals surface area contributed by atoms with Crippen LogP contribution in [0.1, 0.15) is 30.2 Å². The maximum Gasteiger partial charge on any atom is 0.231 e. The number of benzene rings is 2. The van der Waals surface area contributed by atoms with Gasteiger partial charge in [-0.15, -0.1) is 0 Å². The molecule has 24 heavy (non-hydrogen) atoms. The summed E-state index contributed by atoms with van der Waals surface area (Å²) in [6.07, 6.45) is -0.639. The molecule has 2 atom stereocenters. The van der Waals surface area contributed by atoms with Crippen molar-refractivity contribution in [2.24, 2.45) is 5.92 Å². The number of hydrogen-bond donors (Lipinski definition) is 1. The number of hydrogen-bond acceptors (Lipinski definition) is 4. The van der Waals surface area contributed by atoms with E-state index in [0.29, 0.717) is 0 Å². The van der Waals surface area contributed by atoms with Crippen molar-refractivity contribution >= 4 is 0 Å². The van der Waals surface area contributed by atoms with E-state index in [1.807, 2.05) is 0 Å². The van der Waals surface area contributed by atoms with Crippen LogP contribution in [0.4, 0.5) is 4.39 Å². The minimum Gasteiger partial charge on any atom is -0.493 e. The first kappa shape index (κ1) is 8.21. The van der Waals surface area contributed by atoms with Gasteiger partial charge in [-0.1, -0.05) is 12.1 Å². The lowest BCUT2D eigenvalue weighted by Gasteiger charge is -2.32. The Morgan fingerprint density at radius 2 is 2.08 bits per heavy atom. The molecule has 2 heterocycles. The predicted octanol–water partition coefficient (Wildman–Crippen LogP) is 3.33. The topological polar surface area (TPSA) is 39.7 Å². The Labute approximate surface area is 153 Å². The van der Waals surface area contributed by atoms with Crippen LogP contribution >= 0.6 is 0 Å². The molecular formula is C19H20FNO3. The molecule has 4 nitrogen and oxygen atoms in total. The first-order valence-corrected chi connectivity index (χ1v) is 7.30. The Kier molecular flexibility index (Phi) is 2.29. The van der Waals surface area contributed by atoms with Gasteiger partial charge in [0.1, 0.15) is 14.3 Å². The summed E-state index contributed by atoms with van der Waals surface area (Å²) in [6, 6.07) is 8.22. The van der Waals surface area contributed by atoms with Crippen molar-refractivity contribution in [3.63, 3.8) is 0 Å². The van der Waals surface area contributed by atoms with Gasteiger partial charge >= 0.3 is 0 Å². The van der Waals surface area contributed by atoms with Crippen molar-refractivity contribution in [3.8, 4) is 17.2 Å². The summed E-state index contributed by atoms with van der Waals surface area (Å²) in [5.74, 6) is -4.85. The summed E-state index contributed by atoms with van der Waals surface area (Å²) < 4.78 is 103. The monoisotopic (exact) mass is 338 g/mol. The van der Waals surface area contributed by atoms with Gasteiger partial charge in [-0.25, -0.2) is 4.39 Å². The second kappa shape index (κ2) is 6.69. The summed E-state index contributed by atoms with van der Waals surface area (Å²) in [7, 11) is 0. The van der Waals surface area contributed by atoms with Gasteiger partial charge in [0.25, 0.3) is 0 Å². The maximum atomic E-state index is 13.5. The minimum absolute atomic E-state index is 0.0227. The highest BCUT2D eigenvalue weighted by molar-refractivity contribution is 5.46. The van der Waals surface area contributed by atoms with E-state index in [9.17, 15) is 4.39 Å². The van der Waals surface area contributed by atoms with Crippen LogP contribution in [0, 0.1) is 11.7 Å². The van der Waals surface area contributed by atoms with E-state index in [4.69, 9.17) is 26.5 Å². The first-order chi connectivity index (χ1) is 15.0. The van der Waals surface area contributed by atoms with E-state index in [0.717, 1.165) is 12.1 Å². The van der Waals surface area contributed by atoms with Crippen LogP contribution in [0.5, 0.6) is 17.2 Å². The van der Waals surface area contributed by atoms with Crippen molar-refractivity contribution in [1.29, 1.82) is 0 Å². The Hall–Kier alpha value is -2.27. The van der Waals surface area contributed by atoms with Gasteiger partial charge < -0.3 is 19.5 Å². The van der Waals surface area contributed by atoms with Crippen molar-refractivity contribution in [2.45, 2.75) is 12.3 Å². The van der Waals surface area contributed by atoms with Crippen molar-refractivity contribution in [1.82, 2.24) is 5.32 Å². The number of rotatable bonds is 4. The molecule has 0 aromatic heterocycles. The summed E-state index contributed by atoms with van der Waals surface area (Å²) in [6.45, 7) is -10.4. The second-order valence-electron chi connectivity index (χ2n) is 5.20. The normalized spacial score (nSPS) is 37.9. The fraction of sp³-hybridized carbons (Fsp3) is 0.368.